The number of nitrogens with one attached hydrogen (secondary N) is 1. The molecule has 0 unspecified atom stereocenters. The average molecular weight is 344 g/mol. The van der Waals surface area contributed by atoms with Gasteiger partial charge in [-0.1, -0.05) is 44.3 Å². The third-order valence-electron chi connectivity index (χ3n) is 4.75. The van der Waals surface area contributed by atoms with Gasteiger partial charge in [0, 0.05) is 12.1 Å². The fraction of sp³-hybridized carbons (Fsp3) is 0.591. The summed E-state index contributed by atoms with van der Waals surface area (Å²) >= 11 is 0. The van der Waals surface area contributed by atoms with Crippen molar-refractivity contribution in [1.82, 2.24) is 5.32 Å². The van der Waals surface area contributed by atoms with Crippen LogP contribution in [0.2, 0.25) is 0 Å². The van der Waals surface area contributed by atoms with E-state index >= 15 is 0 Å². The van der Waals surface area contributed by atoms with Crippen LogP contribution < -0.4 is 10.1 Å². The molecule has 0 aromatic heterocycles. The van der Waals surface area contributed by atoms with E-state index in [2.05, 4.69) is 18.3 Å². The molecule has 0 saturated carbocycles. The lowest BCUT2D eigenvalue weighted by Crippen LogP contribution is -2.24. The van der Waals surface area contributed by atoms with Gasteiger partial charge in [0.1, 0.15) is 5.75 Å². The van der Waals surface area contributed by atoms with Crippen LogP contribution in [0, 0.1) is 0 Å². The molecule has 0 bridgehead atoms. The van der Waals surface area contributed by atoms with E-state index in [1.54, 1.807) is 0 Å². The highest BCUT2D eigenvalue weighted by molar-refractivity contribution is 5.94. The quantitative estimate of drug-likeness (QED) is 0.416. The van der Waals surface area contributed by atoms with Crippen molar-refractivity contribution >= 4 is 5.91 Å². The molecule has 0 atom stereocenters. The summed E-state index contributed by atoms with van der Waals surface area (Å²) in [5.74, 6) is 0.849. The maximum absolute atomic E-state index is 12.2. The number of carbonyl (C=O) groups excluding carboxylic acids is 1. The van der Waals surface area contributed by atoms with Gasteiger partial charge in [0.2, 0.25) is 0 Å². The molecule has 138 valence electrons. The van der Waals surface area contributed by atoms with E-state index in [4.69, 9.17) is 4.74 Å². The molecule has 1 aliphatic carbocycles. The first-order valence-electron chi connectivity index (χ1n) is 9.98. The number of hydrogen-bond acceptors (Lipinski definition) is 2. The second-order valence-electron chi connectivity index (χ2n) is 6.90. The molecular formula is C22H33NO2. The summed E-state index contributed by atoms with van der Waals surface area (Å²) in [7, 11) is 0. The number of ether oxygens (including phenoxy) is 1. The van der Waals surface area contributed by atoms with Crippen LogP contribution in [0.3, 0.4) is 0 Å². The van der Waals surface area contributed by atoms with Crippen LogP contribution in [-0.4, -0.2) is 19.1 Å². The van der Waals surface area contributed by atoms with Crippen molar-refractivity contribution in [3.05, 3.63) is 41.5 Å². The Morgan fingerprint density at radius 3 is 2.60 bits per heavy atom. The summed E-state index contributed by atoms with van der Waals surface area (Å²) in [6, 6.07) is 7.48. The van der Waals surface area contributed by atoms with Gasteiger partial charge in [-0.3, -0.25) is 4.79 Å². The van der Waals surface area contributed by atoms with Gasteiger partial charge in [0.15, 0.2) is 0 Å². The molecule has 3 heteroatoms. The van der Waals surface area contributed by atoms with Gasteiger partial charge in [-0.2, -0.15) is 0 Å². The average Bonchev–Trinajstić information content (AvgIpc) is 2.66. The first-order chi connectivity index (χ1) is 12.3. The van der Waals surface area contributed by atoms with Crippen molar-refractivity contribution in [2.75, 3.05) is 13.2 Å². The summed E-state index contributed by atoms with van der Waals surface area (Å²) in [6.07, 6.45) is 14.5. The molecule has 25 heavy (non-hydrogen) atoms. The van der Waals surface area contributed by atoms with Gasteiger partial charge in [-0.15, -0.1) is 0 Å². The van der Waals surface area contributed by atoms with Gasteiger partial charge < -0.3 is 10.1 Å². The Hall–Kier alpha value is -1.77. The molecule has 0 fully saturated rings. The van der Waals surface area contributed by atoms with Crippen molar-refractivity contribution in [3.8, 4) is 5.75 Å². The molecule has 3 nitrogen and oxygen atoms in total. The van der Waals surface area contributed by atoms with E-state index in [9.17, 15) is 4.79 Å². The van der Waals surface area contributed by atoms with Crippen molar-refractivity contribution in [1.29, 1.82) is 0 Å². The van der Waals surface area contributed by atoms with Crippen LogP contribution in [-0.2, 0) is 0 Å². The number of amides is 1. The van der Waals surface area contributed by atoms with Crippen molar-refractivity contribution in [2.45, 2.75) is 71.1 Å². The largest absolute Gasteiger partial charge is 0.494 e. The monoisotopic (exact) mass is 343 g/mol. The van der Waals surface area contributed by atoms with Gasteiger partial charge in [0.25, 0.3) is 5.91 Å². The van der Waals surface area contributed by atoms with E-state index in [0.717, 1.165) is 31.7 Å². The molecule has 0 radical (unpaired) electrons. The van der Waals surface area contributed by atoms with Crippen molar-refractivity contribution in [2.24, 2.45) is 0 Å². The lowest BCUT2D eigenvalue weighted by molar-refractivity contribution is 0.0954. The van der Waals surface area contributed by atoms with E-state index < -0.39 is 0 Å². The SMILES string of the molecule is CCCCCCCOc1ccc(C(=O)NCCC2=CCCCC2)cc1. The minimum absolute atomic E-state index is 0.00234. The Labute approximate surface area is 152 Å². The van der Waals surface area contributed by atoms with E-state index in [0.29, 0.717) is 5.56 Å². The molecule has 1 amide bonds. The molecule has 1 aromatic rings. The number of benzene rings is 1. The van der Waals surface area contributed by atoms with Gasteiger partial charge in [-0.05, 0) is 62.8 Å². The van der Waals surface area contributed by atoms with Gasteiger partial charge in [-0.25, -0.2) is 0 Å². The second kappa shape index (κ2) is 11.7. The van der Waals surface area contributed by atoms with Gasteiger partial charge >= 0.3 is 0 Å². The third kappa shape index (κ3) is 7.76. The maximum atomic E-state index is 12.2. The Balaban J connectivity index is 1.64. The van der Waals surface area contributed by atoms with Crippen molar-refractivity contribution < 1.29 is 9.53 Å². The van der Waals surface area contributed by atoms with E-state index in [-0.39, 0.29) is 5.91 Å². The zero-order chi connectivity index (χ0) is 17.7. The number of unbranched alkanes of at least 4 members (excludes halogenated alkanes) is 4. The molecule has 1 N–H and O–H groups in total. The fourth-order valence-electron chi connectivity index (χ4n) is 3.17. The molecular weight excluding hydrogens is 310 g/mol. The fourth-order valence-corrected chi connectivity index (χ4v) is 3.17. The van der Waals surface area contributed by atoms with Crippen LogP contribution in [0.5, 0.6) is 5.75 Å². The zero-order valence-corrected chi connectivity index (χ0v) is 15.7. The van der Waals surface area contributed by atoms with Crippen LogP contribution in [0.1, 0.15) is 81.5 Å². The number of rotatable bonds is 11. The Morgan fingerprint density at radius 1 is 1.08 bits per heavy atom. The van der Waals surface area contributed by atoms with Crippen LogP contribution in [0.15, 0.2) is 35.9 Å². The maximum Gasteiger partial charge on any atom is 0.251 e. The molecule has 1 aliphatic rings. The second-order valence-corrected chi connectivity index (χ2v) is 6.90. The molecule has 1 aromatic carbocycles. The van der Waals surface area contributed by atoms with Crippen molar-refractivity contribution in [3.63, 3.8) is 0 Å². The van der Waals surface area contributed by atoms with E-state index in [1.807, 2.05) is 24.3 Å². The molecule has 0 heterocycles. The molecule has 2 rings (SSSR count). The normalized spacial score (nSPS) is 14.0. The molecule has 0 saturated heterocycles. The Morgan fingerprint density at radius 2 is 1.88 bits per heavy atom. The predicted octanol–water partition coefficient (Wildman–Crippen LogP) is 5.66. The lowest BCUT2D eigenvalue weighted by atomic mass is 9.97. The minimum atomic E-state index is 0.00234. The Kier molecular flexibility index (Phi) is 9.17. The molecule has 0 spiro atoms. The van der Waals surface area contributed by atoms with E-state index in [1.165, 1.54) is 56.9 Å². The molecule has 0 aliphatic heterocycles. The Bertz CT molecular complexity index is 533. The summed E-state index contributed by atoms with van der Waals surface area (Å²) in [5, 5.41) is 3.02. The summed E-state index contributed by atoms with van der Waals surface area (Å²) in [5.41, 5.74) is 2.20. The van der Waals surface area contributed by atoms with Crippen LogP contribution in [0.4, 0.5) is 0 Å². The smallest absolute Gasteiger partial charge is 0.251 e. The number of hydrogen-bond donors (Lipinski definition) is 1. The highest BCUT2D eigenvalue weighted by atomic mass is 16.5. The zero-order valence-electron chi connectivity index (χ0n) is 15.7. The topological polar surface area (TPSA) is 38.3 Å². The first kappa shape index (κ1) is 19.6. The summed E-state index contributed by atoms with van der Waals surface area (Å²) < 4.78 is 5.74. The highest BCUT2D eigenvalue weighted by Crippen LogP contribution is 2.19. The number of carbonyl (C=O) groups is 1. The van der Waals surface area contributed by atoms with Crippen LogP contribution >= 0.6 is 0 Å². The summed E-state index contributed by atoms with van der Waals surface area (Å²) in [6.45, 7) is 3.70. The third-order valence-corrected chi connectivity index (χ3v) is 4.75. The standard InChI is InChI=1S/C22H33NO2/c1-2-3-4-5-9-18-25-21-14-12-20(13-15-21)22(24)23-17-16-19-10-7-6-8-11-19/h10,12-15H,2-9,11,16-18H2,1H3,(H,23,24). The first-order valence-corrected chi connectivity index (χ1v) is 9.98. The number of allylic oxidation sites excluding steroid dienone is 1. The lowest BCUT2D eigenvalue weighted by Gasteiger charge is -2.13. The minimum Gasteiger partial charge on any atom is -0.494 e. The summed E-state index contributed by atoms with van der Waals surface area (Å²) in [4.78, 5) is 12.2. The predicted molar refractivity (Wildman–Crippen MR) is 104 cm³/mol. The van der Waals surface area contributed by atoms with Crippen LogP contribution in [0.25, 0.3) is 0 Å². The highest BCUT2D eigenvalue weighted by Gasteiger charge is 2.07. The van der Waals surface area contributed by atoms with Gasteiger partial charge in [0.05, 0.1) is 6.61 Å².